The number of methoxy groups -OCH3 is 1. The van der Waals surface area contributed by atoms with Crippen molar-refractivity contribution in [3.05, 3.63) is 52.3 Å². The smallest absolute Gasteiger partial charge is 0.175 e. The number of ether oxygens (including phenoxy) is 1. The van der Waals surface area contributed by atoms with Gasteiger partial charge in [0.25, 0.3) is 0 Å². The van der Waals surface area contributed by atoms with Gasteiger partial charge < -0.3 is 15.4 Å². The van der Waals surface area contributed by atoms with Gasteiger partial charge in [-0.15, -0.1) is 0 Å². The number of halogens is 3. The second kappa shape index (κ2) is 6.93. The van der Waals surface area contributed by atoms with Crippen molar-refractivity contribution in [2.24, 2.45) is 0 Å². The second-order valence-corrected chi connectivity index (χ2v) is 5.28. The van der Waals surface area contributed by atoms with E-state index in [1.807, 2.05) is 0 Å². The summed E-state index contributed by atoms with van der Waals surface area (Å²) in [7, 11) is 1.40. The molecule has 0 unspecified atom stereocenters. The molecular formula is C14H11Cl2FN2OS. The predicted octanol–water partition coefficient (Wildman–Crippen LogP) is 4.95. The van der Waals surface area contributed by atoms with Crippen LogP contribution in [0.4, 0.5) is 15.8 Å². The van der Waals surface area contributed by atoms with Crippen molar-refractivity contribution in [1.82, 2.24) is 0 Å². The average molecular weight is 345 g/mol. The summed E-state index contributed by atoms with van der Waals surface area (Å²) in [6, 6.07) is 9.50. The van der Waals surface area contributed by atoms with Gasteiger partial charge in [-0.2, -0.15) is 0 Å². The van der Waals surface area contributed by atoms with Crippen LogP contribution < -0.4 is 15.4 Å². The van der Waals surface area contributed by atoms with Gasteiger partial charge in [-0.25, -0.2) is 4.39 Å². The lowest BCUT2D eigenvalue weighted by molar-refractivity contribution is 0.387. The van der Waals surface area contributed by atoms with Crippen LogP contribution in [0.3, 0.4) is 0 Å². The highest BCUT2D eigenvalue weighted by atomic mass is 35.5. The lowest BCUT2D eigenvalue weighted by Gasteiger charge is -2.12. The SMILES string of the molecule is COc1ccc(NC(=S)Nc2ccc(Cl)c(Cl)c2)cc1F. The van der Waals surface area contributed by atoms with E-state index in [9.17, 15) is 4.39 Å². The third-order valence-corrected chi connectivity index (χ3v) is 3.53. The van der Waals surface area contributed by atoms with E-state index in [1.54, 1.807) is 24.3 Å². The maximum absolute atomic E-state index is 13.6. The number of rotatable bonds is 3. The molecule has 0 aromatic heterocycles. The van der Waals surface area contributed by atoms with Gasteiger partial charge in [0.2, 0.25) is 0 Å². The summed E-state index contributed by atoms with van der Waals surface area (Å²) in [5, 5.41) is 6.97. The minimum absolute atomic E-state index is 0.170. The predicted molar refractivity (Wildman–Crippen MR) is 89.3 cm³/mol. The van der Waals surface area contributed by atoms with E-state index in [-0.39, 0.29) is 5.75 Å². The highest BCUT2D eigenvalue weighted by molar-refractivity contribution is 7.80. The third-order valence-electron chi connectivity index (χ3n) is 2.59. The molecule has 2 N–H and O–H groups in total. The van der Waals surface area contributed by atoms with Crippen LogP contribution in [0.2, 0.25) is 10.0 Å². The first-order chi connectivity index (χ1) is 9.99. The zero-order chi connectivity index (χ0) is 15.4. The quantitative estimate of drug-likeness (QED) is 0.771. The van der Waals surface area contributed by atoms with Gasteiger partial charge >= 0.3 is 0 Å². The molecule has 0 saturated carbocycles. The average Bonchev–Trinajstić information content (AvgIpc) is 2.43. The second-order valence-electron chi connectivity index (χ2n) is 4.06. The lowest BCUT2D eigenvalue weighted by Crippen LogP contribution is -2.19. The molecule has 21 heavy (non-hydrogen) atoms. The molecule has 0 aliphatic heterocycles. The van der Waals surface area contributed by atoms with Gasteiger partial charge in [0.1, 0.15) is 0 Å². The Bertz CT molecular complexity index is 682. The molecular weight excluding hydrogens is 334 g/mol. The van der Waals surface area contributed by atoms with Gasteiger partial charge in [-0.05, 0) is 42.5 Å². The molecule has 0 aliphatic rings. The molecule has 3 nitrogen and oxygen atoms in total. The molecule has 2 rings (SSSR count). The van der Waals surface area contributed by atoms with Crippen LogP contribution in [0.15, 0.2) is 36.4 Å². The van der Waals surface area contributed by atoms with Gasteiger partial charge in [0.15, 0.2) is 16.7 Å². The van der Waals surface area contributed by atoms with Crippen molar-refractivity contribution in [1.29, 1.82) is 0 Å². The summed E-state index contributed by atoms with van der Waals surface area (Å²) >= 11 is 16.9. The standard InChI is InChI=1S/C14H11Cl2FN2OS/c1-20-13-5-3-9(7-12(13)17)19-14(21)18-8-2-4-10(15)11(16)6-8/h2-7H,1H3,(H2,18,19,21). The number of hydrogen-bond donors (Lipinski definition) is 2. The Morgan fingerprint density at radius 1 is 1.05 bits per heavy atom. The zero-order valence-corrected chi connectivity index (χ0v) is 13.2. The van der Waals surface area contributed by atoms with Gasteiger partial charge in [-0.1, -0.05) is 23.2 Å². The minimum atomic E-state index is -0.472. The van der Waals surface area contributed by atoms with Crippen LogP contribution in [0.25, 0.3) is 0 Å². The van der Waals surface area contributed by atoms with Gasteiger partial charge in [0.05, 0.1) is 17.2 Å². The Hall–Kier alpha value is -1.56. The number of anilines is 2. The molecule has 2 aromatic carbocycles. The fourth-order valence-corrected chi connectivity index (χ4v) is 2.15. The molecule has 2 aromatic rings. The summed E-state index contributed by atoms with van der Waals surface area (Å²) < 4.78 is 18.4. The van der Waals surface area contributed by atoms with Crippen LogP contribution in [0.1, 0.15) is 0 Å². The fraction of sp³-hybridized carbons (Fsp3) is 0.0714. The molecule has 0 radical (unpaired) electrons. The van der Waals surface area contributed by atoms with E-state index in [4.69, 9.17) is 40.2 Å². The van der Waals surface area contributed by atoms with E-state index in [0.717, 1.165) is 0 Å². The summed E-state index contributed by atoms with van der Waals surface area (Å²) in [5.41, 5.74) is 1.18. The van der Waals surface area contributed by atoms with E-state index in [1.165, 1.54) is 19.2 Å². The summed E-state index contributed by atoms with van der Waals surface area (Å²) in [6.07, 6.45) is 0. The van der Waals surface area contributed by atoms with Crippen LogP contribution in [-0.4, -0.2) is 12.2 Å². The van der Waals surface area contributed by atoms with Crippen LogP contribution >= 0.6 is 35.4 Å². The monoisotopic (exact) mass is 344 g/mol. The normalized spacial score (nSPS) is 10.1. The molecule has 0 amide bonds. The Balaban J connectivity index is 2.04. The largest absolute Gasteiger partial charge is 0.494 e. The first-order valence-corrected chi connectivity index (χ1v) is 7.02. The number of benzene rings is 2. The number of thiocarbonyl (C=S) groups is 1. The van der Waals surface area contributed by atoms with Crippen molar-refractivity contribution in [2.75, 3.05) is 17.7 Å². The van der Waals surface area contributed by atoms with Crippen molar-refractivity contribution < 1.29 is 9.13 Å². The third kappa shape index (κ3) is 4.20. The molecule has 0 heterocycles. The molecule has 0 aliphatic carbocycles. The molecule has 0 spiro atoms. The lowest BCUT2D eigenvalue weighted by atomic mass is 10.3. The van der Waals surface area contributed by atoms with E-state index in [0.29, 0.717) is 26.5 Å². The van der Waals surface area contributed by atoms with Gasteiger partial charge in [0, 0.05) is 17.4 Å². The van der Waals surface area contributed by atoms with Crippen LogP contribution in [0.5, 0.6) is 5.75 Å². The van der Waals surface area contributed by atoms with Gasteiger partial charge in [-0.3, -0.25) is 0 Å². The Morgan fingerprint density at radius 3 is 2.24 bits per heavy atom. The topological polar surface area (TPSA) is 33.3 Å². The Labute approximate surface area is 137 Å². The number of hydrogen-bond acceptors (Lipinski definition) is 2. The van der Waals surface area contributed by atoms with Crippen molar-refractivity contribution >= 4 is 51.9 Å². The highest BCUT2D eigenvalue weighted by Gasteiger charge is 2.06. The van der Waals surface area contributed by atoms with E-state index < -0.39 is 5.82 Å². The summed E-state index contributed by atoms with van der Waals surface area (Å²) in [6.45, 7) is 0. The maximum Gasteiger partial charge on any atom is 0.175 e. The molecule has 0 atom stereocenters. The number of nitrogens with one attached hydrogen (secondary N) is 2. The van der Waals surface area contributed by atoms with Crippen molar-refractivity contribution in [2.45, 2.75) is 0 Å². The molecule has 0 saturated heterocycles. The molecule has 7 heteroatoms. The van der Waals surface area contributed by atoms with Crippen molar-refractivity contribution in [3.63, 3.8) is 0 Å². The molecule has 0 fully saturated rings. The molecule has 110 valence electrons. The van der Waals surface area contributed by atoms with Crippen LogP contribution in [-0.2, 0) is 0 Å². The molecule has 0 bridgehead atoms. The fourth-order valence-electron chi connectivity index (χ4n) is 1.61. The first kappa shape index (κ1) is 15.8. The first-order valence-electron chi connectivity index (χ1n) is 5.86. The Morgan fingerprint density at radius 2 is 1.67 bits per heavy atom. The minimum Gasteiger partial charge on any atom is -0.494 e. The van der Waals surface area contributed by atoms with Crippen LogP contribution in [0, 0.1) is 5.82 Å². The summed E-state index contributed by atoms with van der Waals surface area (Å²) in [5.74, 6) is -0.302. The Kier molecular flexibility index (Phi) is 5.22. The highest BCUT2D eigenvalue weighted by Crippen LogP contribution is 2.25. The van der Waals surface area contributed by atoms with E-state index >= 15 is 0 Å². The van der Waals surface area contributed by atoms with Crippen molar-refractivity contribution in [3.8, 4) is 5.75 Å². The zero-order valence-electron chi connectivity index (χ0n) is 10.9. The summed E-state index contributed by atoms with van der Waals surface area (Å²) in [4.78, 5) is 0. The maximum atomic E-state index is 13.6. The van der Waals surface area contributed by atoms with E-state index in [2.05, 4.69) is 10.6 Å².